The molecule has 0 radical (unpaired) electrons. The summed E-state index contributed by atoms with van der Waals surface area (Å²) in [5, 5.41) is 13.6. The minimum absolute atomic E-state index is 0.120. The van der Waals surface area contributed by atoms with Gasteiger partial charge in [-0.3, -0.25) is 14.4 Å². The molecule has 0 fully saturated rings. The van der Waals surface area contributed by atoms with Crippen LogP contribution in [-0.4, -0.2) is 28.5 Å². The van der Waals surface area contributed by atoms with Crippen molar-refractivity contribution in [3.8, 4) is 11.3 Å². The topological polar surface area (TPSA) is 100 Å². The van der Waals surface area contributed by atoms with Crippen LogP contribution in [0.15, 0.2) is 106 Å². The summed E-state index contributed by atoms with van der Waals surface area (Å²) in [7, 11) is 0. The number of benzene rings is 3. The molecule has 3 amide bonds. The molecule has 7 nitrogen and oxygen atoms in total. The second kappa shape index (κ2) is 14.5. The first kappa shape index (κ1) is 30.5. The van der Waals surface area contributed by atoms with Crippen LogP contribution in [0.3, 0.4) is 0 Å². The molecule has 2 aromatic heterocycles. The maximum absolute atomic E-state index is 13.1. The van der Waals surface area contributed by atoms with E-state index < -0.39 is 5.91 Å². The van der Waals surface area contributed by atoms with Crippen molar-refractivity contribution >= 4 is 92.3 Å². The average Bonchev–Trinajstić information content (AvgIpc) is 3.69. The third kappa shape index (κ3) is 8.56. The molecule has 3 N–H and O–H groups in total. The quantitative estimate of drug-likeness (QED) is 0.103. The van der Waals surface area contributed by atoms with E-state index in [-0.39, 0.29) is 23.3 Å². The van der Waals surface area contributed by atoms with Gasteiger partial charge in [-0.1, -0.05) is 47.5 Å². The van der Waals surface area contributed by atoms with Crippen molar-refractivity contribution in [2.75, 3.05) is 16.4 Å². The number of thiophene rings is 1. The van der Waals surface area contributed by atoms with Gasteiger partial charge in [-0.15, -0.1) is 34.4 Å². The van der Waals surface area contributed by atoms with Crippen LogP contribution in [0.25, 0.3) is 17.3 Å². The lowest BCUT2D eigenvalue weighted by Gasteiger charge is -2.11. The molecule has 216 valence electrons. The average molecular weight is 666 g/mol. The molecule has 12 heteroatoms. The summed E-state index contributed by atoms with van der Waals surface area (Å²) in [6.07, 6.45) is 1.64. The van der Waals surface area contributed by atoms with Gasteiger partial charge in [0.05, 0.1) is 16.5 Å². The summed E-state index contributed by atoms with van der Waals surface area (Å²) in [5.74, 6) is -0.879. The summed E-state index contributed by atoms with van der Waals surface area (Å²) < 4.78 is 0. The van der Waals surface area contributed by atoms with Gasteiger partial charge in [0.2, 0.25) is 5.91 Å². The van der Waals surface area contributed by atoms with Crippen LogP contribution >= 0.6 is 57.6 Å². The Morgan fingerprint density at radius 2 is 1.67 bits per heavy atom. The van der Waals surface area contributed by atoms with Gasteiger partial charge in [-0.2, -0.15) is 0 Å². The summed E-state index contributed by atoms with van der Waals surface area (Å²) in [6, 6.07) is 24.7. The minimum Gasteiger partial charge on any atom is -0.321 e. The highest BCUT2D eigenvalue weighted by Gasteiger charge is 2.16. The first-order valence-electron chi connectivity index (χ1n) is 12.7. The van der Waals surface area contributed by atoms with E-state index >= 15 is 0 Å². The van der Waals surface area contributed by atoms with E-state index in [1.165, 1.54) is 34.4 Å². The van der Waals surface area contributed by atoms with Gasteiger partial charge in [-0.05, 0) is 72.1 Å². The van der Waals surface area contributed by atoms with E-state index in [1.54, 1.807) is 60.7 Å². The molecule has 3 aromatic carbocycles. The highest BCUT2D eigenvalue weighted by Crippen LogP contribution is 2.32. The predicted octanol–water partition coefficient (Wildman–Crippen LogP) is 8.32. The second-order valence-corrected chi connectivity index (χ2v) is 12.6. The van der Waals surface area contributed by atoms with E-state index in [4.69, 9.17) is 23.2 Å². The fourth-order valence-electron chi connectivity index (χ4n) is 3.75. The molecule has 0 bridgehead atoms. The number of rotatable bonds is 10. The number of halogens is 2. The SMILES string of the molecule is O=C(CSc1ccc(NC(=O)/C(=C/c2cccs2)NC(=O)c2ccccc2)cc1)Nc1nc(-c2ccc(Cl)cc2Cl)cs1. The number of carbonyl (C=O) groups is 3. The standard InChI is InChI=1S/C31H22Cl2N4O3S3/c32-20-8-13-24(25(33)15-20)27-17-43-31(36-27)37-28(38)18-42-22-11-9-21(10-12-22)34-30(40)26(16-23-7-4-14-41-23)35-29(39)19-5-2-1-3-6-19/h1-17H,18H2,(H,34,40)(H,35,39)(H,36,37,38)/b26-16-. The number of nitrogens with zero attached hydrogens (tertiary/aromatic N) is 1. The zero-order chi connectivity index (χ0) is 30.2. The van der Waals surface area contributed by atoms with Crippen molar-refractivity contribution in [2.24, 2.45) is 0 Å². The molecule has 0 unspecified atom stereocenters. The third-order valence-corrected chi connectivity index (χ3v) is 8.94. The Balaban J connectivity index is 1.16. The molecule has 0 aliphatic carbocycles. The van der Waals surface area contributed by atoms with Gasteiger partial charge < -0.3 is 16.0 Å². The van der Waals surface area contributed by atoms with Crippen molar-refractivity contribution in [1.82, 2.24) is 10.3 Å². The number of thiazole rings is 1. The molecule has 0 atom stereocenters. The molecule has 2 heterocycles. The molecule has 0 aliphatic heterocycles. The van der Waals surface area contributed by atoms with Crippen molar-refractivity contribution < 1.29 is 14.4 Å². The van der Waals surface area contributed by atoms with E-state index in [1.807, 2.05) is 41.1 Å². The molecular weight excluding hydrogens is 643 g/mol. The number of aromatic nitrogens is 1. The lowest BCUT2D eigenvalue weighted by molar-refractivity contribution is -0.114. The van der Waals surface area contributed by atoms with Crippen molar-refractivity contribution in [1.29, 1.82) is 0 Å². The molecule has 0 saturated carbocycles. The lowest BCUT2D eigenvalue weighted by Crippen LogP contribution is -2.30. The summed E-state index contributed by atoms with van der Waals surface area (Å²) in [4.78, 5) is 44.5. The number of nitrogens with one attached hydrogen (secondary N) is 3. The zero-order valence-electron chi connectivity index (χ0n) is 22.2. The van der Waals surface area contributed by atoms with Crippen LogP contribution in [0, 0.1) is 0 Å². The van der Waals surface area contributed by atoms with Crippen molar-refractivity contribution in [3.63, 3.8) is 0 Å². The Hall–Kier alpha value is -3.93. The highest BCUT2D eigenvalue weighted by molar-refractivity contribution is 8.00. The van der Waals surface area contributed by atoms with Gasteiger partial charge in [0.1, 0.15) is 5.70 Å². The van der Waals surface area contributed by atoms with E-state index in [0.717, 1.165) is 15.3 Å². The maximum Gasteiger partial charge on any atom is 0.272 e. The summed E-state index contributed by atoms with van der Waals surface area (Å²) >= 11 is 16.3. The normalized spacial score (nSPS) is 11.2. The number of thioether (sulfide) groups is 1. The first-order chi connectivity index (χ1) is 20.8. The largest absolute Gasteiger partial charge is 0.321 e. The Bertz CT molecular complexity index is 1770. The van der Waals surface area contributed by atoms with E-state index in [9.17, 15) is 14.4 Å². The fraction of sp³-hybridized carbons (Fsp3) is 0.0323. The Kier molecular flexibility index (Phi) is 10.3. The molecular formula is C31H22Cl2N4O3S3. The smallest absolute Gasteiger partial charge is 0.272 e. The fourth-order valence-corrected chi connectivity index (χ4v) is 6.34. The van der Waals surface area contributed by atoms with Crippen molar-refractivity contribution in [3.05, 3.63) is 122 Å². The Labute approximate surface area is 270 Å². The highest BCUT2D eigenvalue weighted by atomic mass is 35.5. The van der Waals surface area contributed by atoms with Gasteiger partial charge in [0.25, 0.3) is 11.8 Å². The summed E-state index contributed by atoms with van der Waals surface area (Å²) in [6.45, 7) is 0. The number of carbonyl (C=O) groups excluding carboxylic acids is 3. The van der Waals surface area contributed by atoms with Gasteiger partial charge in [0, 0.05) is 37.0 Å². The molecule has 0 spiro atoms. The van der Waals surface area contributed by atoms with Crippen LogP contribution in [0.4, 0.5) is 10.8 Å². The van der Waals surface area contributed by atoms with Gasteiger partial charge >= 0.3 is 0 Å². The monoisotopic (exact) mass is 664 g/mol. The van der Waals surface area contributed by atoms with Crippen LogP contribution < -0.4 is 16.0 Å². The first-order valence-corrected chi connectivity index (χ1v) is 16.2. The predicted molar refractivity (Wildman–Crippen MR) is 178 cm³/mol. The van der Waals surface area contributed by atoms with Crippen molar-refractivity contribution in [2.45, 2.75) is 4.90 Å². The Morgan fingerprint density at radius 1 is 0.884 bits per heavy atom. The van der Waals surface area contributed by atoms with E-state index in [0.29, 0.717) is 32.1 Å². The third-order valence-electron chi connectivity index (χ3n) is 5.80. The van der Waals surface area contributed by atoms with Crippen LogP contribution in [0.5, 0.6) is 0 Å². The minimum atomic E-state index is -0.458. The molecule has 0 saturated heterocycles. The number of amides is 3. The lowest BCUT2D eigenvalue weighted by atomic mass is 10.2. The second-order valence-electron chi connectivity index (χ2n) is 8.87. The maximum atomic E-state index is 13.1. The zero-order valence-corrected chi connectivity index (χ0v) is 26.1. The molecule has 5 rings (SSSR count). The molecule has 5 aromatic rings. The van der Waals surface area contributed by atoms with Crippen LogP contribution in [0.1, 0.15) is 15.2 Å². The van der Waals surface area contributed by atoms with Crippen LogP contribution in [0.2, 0.25) is 10.0 Å². The summed E-state index contributed by atoms with van der Waals surface area (Å²) in [5.41, 5.74) is 2.49. The number of hydrogen-bond donors (Lipinski definition) is 3. The van der Waals surface area contributed by atoms with Gasteiger partial charge in [0.15, 0.2) is 5.13 Å². The number of hydrogen-bond acceptors (Lipinski definition) is 7. The molecule has 43 heavy (non-hydrogen) atoms. The van der Waals surface area contributed by atoms with Gasteiger partial charge in [-0.25, -0.2) is 4.98 Å². The molecule has 0 aliphatic rings. The van der Waals surface area contributed by atoms with Crippen LogP contribution in [-0.2, 0) is 9.59 Å². The Morgan fingerprint density at radius 3 is 2.40 bits per heavy atom. The van der Waals surface area contributed by atoms with E-state index in [2.05, 4.69) is 20.9 Å². The number of anilines is 2.